The predicted molar refractivity (Wildman–Crippen MR) is 73.0 cm³/mol. The summed E-state index contributed by atoms with van der Waals surface area (Å²) in [6, 6.07) is 0. The van der Waals surface area contributed by atoms with Crippen LogP contribution in [0.25, 0.3) is 0 Å². The smallest absolute Gasteiger partial charge is 0.329 e. The Labute approximate surface area is 116 Å². The van der Waals surface area contributed by atoms with Gasteiger partial charge in [0.05, 0.1) is 24.8 Å². The van der Waals surface area contributed by atoms with E-state index in [0.29, 0.717) is 18.6 Å². The van der Waals surface area contributed by atoms with E-state index in [2.05, 4.69) is 4.98 Å². The molecule has 1 aromatic heterocycles. The summed E-state index contributed by atoms with van der Waals surface area (Å²) < 4.78 is 11.2. The third kappa shape index (κ3) is 3.92. The molecule has 0 radical (unpaired) electrons. The summed E-state index contributed by atoms with van der Waals surface area (Å²) in [6.07, 6.45) is 0.933. The van der Waals surface area contributed by atoms with Crippen LogP contribution in [0.5, 0.6) is 0 Å². The third-order valence-electron chi connectivity index (χ3n) is 2.80. The lowest BCUT2D eigenvalue weighted by atomic mass is 10.2. The van der Waals surface area contributed by atoms with Crippen molar-refractivity contribution in [1.29, 1.82) is 0 Å². The van der Waals surface area contributed by atoms with Crippen LogP contribution in [0, 0.1) is 0 Å². The maximum Gasteiger partial charge on any atom is 0.329 e. The van der Waals surface area contributed by atoms with Crippen molar-refractivity contribution in [3.8, 4) is 0 Å². The first-order chi connectivity index (χ1) is 9.04. The van der Waals surface area contributed by atoms with E-state index < -0.39 is 5.69 Å². The zero-order chi connectivity index (χ0) is 14.4. The Morgan fingerprint density at radius 2 is 2.05 bits per heavy atom. The van der Waals surface area contributed by atoms with Crippen molar-refractivity contribution < 1.29 is 9.47 Å². The minimum atomic E-state index is -0.534. The van der Waals surface area contributed by atoms with Crippen LogP contribution < -0.4 is 11.2 Å². The van der Waals surface area contributed by atoms with E-state index in [4.69, 9.17) is 21.1 Å². The lowest BCUT2D eigenvalue weighted by Crippen LogP contribution is -2.41. The summed E-state index contributed by atoms with van der Waals surface area (Å²) >= 11 is 5.89. The van der Waals surface area contributed by atoms with E-state index in [1.807, 2.05) is 6.92 Å². The molecule has 1 heterocycles. The molecular weight excluding hydrogens is 272 g/mol. The first-order valence-corrected chi connectivity index (χ1v) is 6.46. The fourth-order valence-corrected chi connectivity index (χ4v) is 2.06. The van der Waals surface area contributed by atoms with Gasteiger partial charge in [-0.1, -0.05) is 24.9 Å². The van der Waals surface area contributed by atoms with E-state index in [-0.39, 0.29) is 23.4 Å². The molecular formula is C12H19ClN2O4. The van der Waals surface area contributed by atoms with Crippen LogP contribution in [0.2, 0.25) is 5.15 Å². The molecule has 0 aromatic carbocycles. The fraction of sp³-hybridized carbons (Fsp3) is 0.667. The van der Waals surface area contributed by atoms with Crippen LogP contribution in [-0.4, -0.2) is 36.5 Å². The Morgan fingerprint density at radius 1 is 1.37 bits per heavy atom. The summed E-state index contributed by atoms with van der Waals surface area (Å²) in [7, 11) is 3.04. The monoisotopic (exact) mass is 290 g/mol. The van der Waals surface area contributed by atoms with Crippen molar-refractivity contribution in [1.82, 2.24) is 9.55 Å². The van der Waals surface area contributed by atoms with Crippen LogP contribution in [0.1, 0.15) is 18.9 Å². The van der Waals surface area contributed by atoms with Crippen LogP contribution in [-0.2, 0) is 22.4 Å². The van der Waals surface area contributed by atoms with Gasteiger partial charge in [0.2, 0.25) is 0 Å². The highest BCUT2D eigenvalue weighted by molar-refractivity contribution is 6.30. The van der Waals surface area contributed by atoms with Gasteiger partial charge < -0.3 is 9.47 Å². The zero-order valence-electron chi connectivity index (χ0n) is 11.4. The number of nitrogens with one attached hydrogen (secondary N) is 1. The van der Waals surface area contributed by atoms with Crippen LogP contribution >= 0.6 is 11.6 Å². The number of hydrogen-bond acceptors (Lipinski definition) is 4. The number of ether oxygens (including phenoxy) is 2. The molecule has 1 atom stereocenters. The molecule has 0 aliphatic carbocycles. The summed E-state index contributed by atoms with van der Waals surface area (Å²) in [5.74, 6) is 0. The molecule has 0 saturated heterocycles. The average Bonchev–Trinajstić information content (AvgIpc) is 2.38. The second-order valence-electron chi connectivity index (χ2n) is 4.20. The lowest BCUT2D eigenvalue weighted by molar-refractivity contribution is 0.0170. The van der Waals surface area contributed by atoms with Gasteiger partial charge in [-0.05, 0) is 6.42 Å². The number of aromatic amines is 1. The molecule has 108 valence electrons. The second-order valence-corrected chi connectivity index (χ2v) is 4.58. The molecule has 1 unspecified atom stereocenters. The van der Waals surface area contributed by atoms with Crippen molar-refractivity contribution in [2.45, 2.75) is 32.4 Å². The minimum absolute atomic E-state index is 0.119. The number of methoxy groups -OCH3 is 2. The van der Waals surface area contributed by atoms with Crippen molar-refractivity contribution in [3.63, 3.8) is 0 Å². The maximum atomic E-state index is 12.2. The highest BCUT2D eigenvalue weighted by Gasteiger charge is 2.16. The zero-order valence-corrected chi connectivity index (χ0v) is 12.1. The van der Waals surface area contributed by atoms with Crippen molar-refractivity contribution in [3.05, 3.63) is 31.6 Å². The molecule has 0 aliphatic heterocycles. The molecule has 0 fully saturated rings. The highest BCUT2D eigenvalue weighted by atomic mass is 35.5. The molecule has 1 aromatic rings. The van der Waals surface area contributed by atoms with E-state index in [0.717, 1.165) is 11.0 Å². The first-order valence-electron chi connectivity index (χ1n) is 6.08. The van der Waals surface area contributed by atoms with Gasteiger partial charge >= 0.3 is 5.69 Å². The van der Waals surface area contributed by atoms with E-state index in [9.17, 15) is 9.59 Å². The van der Waals surface area contributed by atoms with E-state index in [1.54, 1.807) is 0 Å². The van der Waals surface area contributed by atoms with Crippen molar-refractivity contribution in [2.24, 2.45) is 0 Å². The summed E-state index contributed by atoms with van der Waals surface area (Å²) in [5, 5.41) is 0.119. The number of H-pyrrole nitrogens is 1. The lowest BCUT2D eigenvalue weighted by Gasteiger charge is -2.16. The molecule has 0 saturated carbocycles. The minimum Gasteiger partial charge on any atom is -0.382 e. The molecule has 7 heteroatoms. The van der Waals surface area contributed by atoms with E-state index in [1.165, 1.54) is 14.2 Å². The third-order valence-corrected chi connectivity index (χ3v) is 3.12. The maximum absolute atomic E-state index is 12.2. The number of hydrogen-bond donors (Lipinski definition) is 1. The molecule has 0 spiro atoms. The predicted octanol–water partition coefficient (Wildman–Crippen LogP) is 0.804. The van der Waals surface area contributed by atoms with Crippen LogP contribution in [0.15, 0.2) is 9.59 Å². The van der Waals surface area contributed by atoms with Gasteiger partial charge in [0.1, 0.15) is 5.15 Å². The Hall–Kier alpha value is -1.11. The van der Waals surface area contributed by atoms with Gasteiger partial charge in [0.25, 0.3) is 5.56 Å². The molecule has 0 amide bonds. The Kier molecular flexibility index (Phi) is 6.27. The Balaban J connectivity index is 3.16. The molecule has 19 heavy (non-hydrogen) atoms. The normalized spacial score (nSPS) is 12.6. The van der Waals surface area contributed by atoms with Gasteiger partial charge in [-0.3, -0.25) is 14.3 Å². The first kappa shape index (κ1) is 15.9. The SMILES string of the molecule is CCCc1c(Cl)[nH]c(=O)n(CC(COC)OC)c1=O. The molecule has 6 nitrogen and oxygen atoms in total. The Bertz CT molecular complexity index is 523. The fourth-order valence-electron chi connectivity index (χ4n) is 1.80. The summed E-state index contributed by atoms with van der Waals surface area (Å²) in [6.45, 7) is 2.37. The van der Waals surface area contributed by atoms with E-state index >= 15 is 0 Å². The van der Waals surface area contributed by atoms with Gasteiger partial charge in [0.15, 0.2) is 0 Å². The molecule has 0 bridgehead atoms. The number of nitrogens with zero attached hydrogens (tertiary/aromatic N) is 1. The van der Waals surface area contributed by atoms with Crippen molar-refractivity contribution >= 4 is 11.6 Å². The van der Waals surface area contributed by atoms with Crippen LogP contribution in [0.4, 0.5) is 0 Å². The van der Waals surface area contributed by atoms with Gasteiger partial charge in [0, 0.05) is 14.2 Å². The van der Waals surface area contributed by atoms with Gasteiger partial charge in [-0.2, -0.15) is 0 Å². The largest absolute Gasteiger partial charge is 0.382 e. The topological polar surface area (TPSA) is 73.3 Å². The van der Waals surface area contributed by atoms with Crippen molar-refractivity contribution in [2.75, 3.05) is 20.8 Å². The number of rotatable bonds is 7. The number of aromatic nitrogens is 2. The van der Waals surface area contributed by atoms with Gasteiger partial charge in [-0.15, -0.1) is 0 Å². The molecule has 1 rings (SSSR count). The van der Waals surface area contributed by atoms with Crippen LogP contribution in [0.3, 0.4) is 0 Å². The Morgan fingerprint density at radius 3 is 2.58 bits per heavy atom. The number of halogens is 1. The molecule has 1 N–H and O–H groups in total. The van der Waals surface area contributed by atoms with Gasteiger partial charge in [-0.25, -0.2) is 4.79 Å². The quantitative estimate of drug-likeness (QED) is 0.754. The highest BCUT2D eigenvalue weighted by Crippen LogP contribution is 2.08. The second kappa shape index (κ2) is 7.47. The summed E-state index contributed by atoms with van der Waals surface area (Å²) in [4.78, 5) is 26.5. The standard InChI is InChI=1S/C12H19ClN2O4/c1-4-5-9-10(13)14-12(17)15(11(9)16)6-8(19-3)7-18-2/h8H,4-7H2,1-3H3,(H,14,17). The average molecular weight is 291 g/mol. The molecule has 0 aliphatic rings. The summed E-state index contributed by atoms with van der Waals surface area (Å²) in [5.41, 5.74) is -0.474.